The zero-order valence-corrected chi connectivity index (χ0v) is 9.75. The van der Waals surface area contributed by atoms with Crippen LogP contribution in [0.2, 0.25) is 0 Å². The minimum atomic E-state index is -0.816. The molecular weight excluding hydrogens is 192 g/mol. The molecule has 0 spiro atoms. The molecule has 1 rings (SSSR count). The van der Waals surface area contributed by atoms with Crippen molar-refractivity contribution in [3.8, 4) is 0 Å². The zero-order valence-electron chi connectivity index (χ0n) is 9.75. The van der Waals surface area contributed by atoms with Gasteiger partial charge in [0.25, 0.3) is 0 Å². The van der Waals surface area contributed by atoms with Gasteiger partial charge in [-0.05, 0) is 19.3 Å². The van der Waals surface area contributed by atoms with Crippen molar-refractivity contribution in [1.82, 2.24) is 0 Å². The Hall–Kier alpha value is -0.830. The van der Waals surface area contributed by atoms with Crippen LogP contribution in [0.25, 0.3) is 0 Å². The Labute approximate surface area is 91.1 Å². The van der Waals surface area contributed by atoms with Gasteiger partial charge in [-0.25, -0.2) is 0 Å². The van der Waals surface area contributed by atoms with Gasteiger partial charge >= 0.3 is 5.97 Å². The number of hydrogen-bond donors (Lipinski definition) is 1. The topological polar surface area (TPSA) is 46.5 Å². The third-order valence-electron chi connectivity index (χ3n) is 3.91. The van der Waals surface area contributed by atoms with Gasteiger partial charge in [-0.3, -0.25) is 4.79 Å². The molecule has 0 bridgehead atoms. The summed E-state index contributed by atoms with van der Waals surface area (Å²) in [5, 5.41) is 9.50. The van der Waals surface area contributed by atoms with Crippen LogP contribution in [-0.4, -0.2) is 24.3 Å². The van der Waals surface area contributed by atoms with Crippen LogP contribution in [0.4, 0.5) is 0 Å². The van der Waals surface area contributed by atoms with E-state index < -0.39 is 16.8 Å². The Kier molecular flexibility index (Phi) is 3.24. The van der Waals surface area contributed by atoms with Gasteiger partial charge in [-0.1, -0.05) is 19.9 Å². The molecule has 0 amide bonds. The second kappa shape index (κ2) is 3.97. The van der Waals surface area contributed by atoms with Crippen LogP contribution < -0.4 is 0 Å². The van der Waals surface area contributed by atoms with Gasteiger partial charge in [0.05, 0.1) is 6.10 Å². The van der Waals surface area contributed by atoms with Gasteiger partial charge in [0.15, 0.2) is 0 Å². The first-order chi connectivity index (χ1) is 6.92. The number of rotatable bonds is 4. The van der Waals surface area contributed by atoms with E-state index in [4.69, 9.17) is 4.74 Å². The molecule has 15 heavy (non-hydrogen) atoms. The van der Waals surface area contributed by atoms with Gasteiger partial charge in [0.1, 0.15) is 5.41 Å². The molecule has 2 atom stereocenters. The molecule has 0 radical (unpaired) electrons. The average molecular weight is 212 g/mol. The second-order valence-electron chi connectivity index (χ2n) is 4.82. The number of carbonyl (C=O) groups is 1. The van der Waals surface area contributed by atoms with Crippen molar-refractivity contribution in [3.63, 3.8) is 0 Å². The first-order valence-electron chi connectivity index (χ1n) is 5.32. The van der Waals surface area contributed by atoms with Crippen LogP contribution in [0, 0.1) is 10.8 Å². The Morgan fingerprint density at radius 2 is 2.27 bits per heavy atom. The minimum Gasteiger partial charge on any atom is -0.481 e. The second-order valence-corrected chi connectivity index (χ2v) is 4.82. The van der Waals surface area contributed by atoms with Crippen LogP contribution >= 0.6 is 0 Å². The SMILES string of the molecule is C=CC(C)(C)[C@@]1(C(=O)O)CCC[C@H]1OC. The normalized spacial score (nSPS) is 31.5. The molecule has 0 saturated heterocycles. The zero-order chi connectivity index (χ0) is 11.7. The molecule has 0 unspecified atom stereocenters. The lowest BCUT2D eigenvalue weighted by molar-refractivity contribution is -0.165. The summed E-state index contributed by atoms with van der Waals surface area (Å²) < 4.78 is 5.35. The van der Waals surface area contributed by atoms with Crippen LogP contribution in [0.3, 0.4) is 0 Å². The van der Waals surface area contributed by atoms with Crippen molar-refractivity contribution in [2.75, 3.05) is 7.11 Å². The van der Waals surface area contributed by atoms with Crippen LogP contribution in [0.15, 0.2) is 12.7 Å². The number of carboxylic acids is 1. The number of methoxy groups -OCH3 is 1. The number of ether oxygens (including phenoxy) is 1. The molecule has 1 fully saturated rings. The van der Waals surface area contributed by atoms with Gasteiger partial charge in [-0.15, -0.1) is 6.58 Å². The Morgan fingerprint density at radius 1 is 1.67 bits per heavy atom. The summed E-state index contributed by atoms with van der Waals surface area (Å²) in [7, 11) is 1.59. The minimum absolute atomic E-state index is 0.206. The molecule has 1 aliphatic carbocycles. The van der Waals surface area contributed by atoms with Crippen LogP contribution in [0.5, 0.6) is 0 Å². The lowest BCUT2D eigenvalue weighted by Crippen LogP contribution is -2.49. The van der Waals surface area contributed by atoms with E-state index in [0.29, 0.717) is 6.42 Å². The van der Waals surface area contributed by atoms with E-state index in [-0.39, 0.29) is 6.10 Å². The van der Waals surface area contributed by atoms with E-state index in [1.807, 2.05) is 13.8 Å². The molecule has 86 valence electrons. The summed E-state index contributed by atoms with van der Waals surface area (Å²) in [6, 6.07) is 0. The first kappa shape index (κ1) is 12.2. The number of aliphatic carboxylic acids is 1. The van der Waals surface area contributed by atoms with Crippen LogP contribution in [0.1, 0.15) is 33.1 Å². The number of carboxylic acid groups (broad SMARTS) is 1. The fraction of sp³-hybridized carbons (Fsp3) is 0.750. The maximum Gasteiger partial charge on any atom is 0.313 e. The molecule has 1 aliphatic rings. The molecule has 1 saturated carbocycles. The van der Waals surface area contributed by atoms with E-state index in [9.17, 15) is 9.90 Å². The third kappa shape index (κ3) is 1.59. The van der Waals surface area contributed by atoms with Gasteiger partial charge < -0.3 is 9.84 Å². The predicted molar refractivity (Wildman–Crippen MR) is 58.7 cm³/mol. The molecule has 0 aromatic rings. The van der Waals surface area contributed by atoms with Gasteiger partial charge in [-0.2, -0.15) is 0 Å². The monoisotopic (exact) mass is 212 g/mol. The van der Waals surface area contributed by atoms with Crippen molar-refractivity contribution < 1.29 is 14.6 Å². The lowest BCUT2D eigenvalue weighted by atomic mass is 9.63. The summed E-state index contributed by atoms with van der Waals surface area (Å²) in [6.45, 7) is 7.60. The number of allylic oxidation sites excluding steroid dienone is 1. The van der Waals surface area contributed by atoms with E-state index in [0.717, 1.165) is 12.8 Å². The Morgan fingerprint density at radius 3 is 2.67 bits per heavy atom. The standard InChI is InChI=1S/C12H20O3/c1-5-11(2,3)12(10(13)14)8-6-7-9(12)15-4/h5,9H,1,6-8H2,2-4H3,(H,13,14)/t9-,12+/m1/s1. The van der Waals surface area contributed by atoms with Crippen molar-refractivity contribution in [2.45, 2.75) is 39.2 Å². The van der Waals surface area contributed by atoms with Gasteiger partial charge in [0.2, 0.25) is 0 Å². The average Bonchev–Trinajstić information content (AvgIpc) is 2.62. The quantitative estimate of drug-likeness (QED) is 0.728. The summed E-state index contributed by atoms with van der Waals surface area (Å²) in [5.74, 6) is -0.767. The first-order valence-corrected chi connectivity index (χ1v) is 5.32. The Bertz CT molecular complexity index is 270. The summed E-state index contributed by atoms with van der Waals surface area (Å²) in [5.41, 5.74) is -1.26. The van der Waals surface area contributed by atoms with Crippen molar-refractivity contribution in [1.29, 1.82) is 0 Å². The lowest BCUT2D eigenvalue weighted by Gasteiger charge is -2.42. The molecule has 3 heteroatoms. The third-order valence-corrected chi connectivity index (χ3v) is 3.91. The molecule has 0 heterocycles. The fourth-order valence-electron chi connectivity index (χ4n) is 2.73. The molecular formula is C12H20O3. The highest BCUT2D eigenvalue weighted by molar-refractivity contribution is 5.77. The molecule has 0 aromatic carbocycles. The summed E-state index contributed by atoms with van der Waals surface area (Å²) in [4.78, 5) is 11.6. The van der Waals surface area contributed by atoms with E-state index in [2.05, 4.69) is 6.58 Å². The fourth-order valence-corrected chi connectivity index (χ4v) is 2.73. The summed E-state index contributed by atoms with van der Waals surface area (Å²) >= 11 is 0. The smallest absolute Gasteiger partial charge is 0.313 e. The maximum absolute atomic E-state index is 11.6. The molecule has 0 aliphatic heterocycles. The van der Waals surface area contributed by atoms with E-state index in [1.165, 1.54) is 0 Å². The van der Waals surface area contributed by atoms with E-state index >= 15 is 0 Å². The highest BCUT2D eigenvalue weighted by atomic mass is 16.5. The molecule has 1 N–H and O–H groups in total. The maximum atomic E-state index is 11.6. The van der Waals surface area contributed by atoms with E-state index in [1.54, 1.807) is 13.2 Å². The summed E-state index contributed by atoms with van der Waals surface area (Å²) in [6.07, 6.45) is 3.92. The van der Waals surface area contributed by atoms with Gasteiger partial charge in [0, 0.05) is 12.5 Å². The highest BCUT2D eigenvalue weighted by Crippen LogP contribution is 2.53. The predicted octanol–water partition coefficient (Wildman–Crippen LogP) is 2.47. The van der Waals surface area contributed by atoms with Crippen molar-refractivity contribution >= 4 is 5.97 Å². The van der Waals surface area contributed by atoms with Crippen molar-refractivity contribution in [3.05, 3.63) is 12.7 Å². The number of hydrogen-bond acceptors (Lipinski definition) is 2. The molecule has 3 nitrogen and oxygen atoms in total. The molecule has 0 aromatic heterocycles. The van der Waals surface area contributed by atoms with Crippen molar-refractivity contribution in [2.24, 2.45) is 10.8 Å². The van der Waals surface area contributed by atoms with Crippen LogP contribution in [-0.2, 0) is 9.53 Å². The largest absolute Gasteiger partial charge is 0.481 e. The Balaban J connectivity index is 3.19. The highest BCUT2D eigenvalue weighted by Gasteiger charge is 2.57.